The number of nitrogens with one attached hydrogen (secondary N) is 1. The Balaban J connectivity index is 0.00000242. The molecule has 22 heavy (non-hydrogen) atoms. The van der Waals surface area contributed by atoms with Crippen LogP contribution in [0.15, 0.2) is 12.3 Å². The third-order valence-corrected chi connectivity index (χ3v) is 3.95. The van der Waals surface area contributed by atoms with Crippen molar-refractivity contribution >= 4 is 18.3 Å². The molecule has 1 aromatic heterocycles. The molecule has 1 atom stereocenters. The number of hydrogen-bond donors (Lipinski definition) is 2. The van der Waals surface area contributed by atoms with E-state index in [2.05, 4.69) is 39.9 Å². The van der Waals surface area contributed by atoms with Crippen LogP contribution in [0.5, 0.6) is 0 Å². The second-order valence-electron chi connectivity index (χ2n) is 6.01. The lowest BCUT2D eigenvalue weighted by atomic mass is 9.97. The van der Waals surface area contributed by atoms with Crippen LogP contribution in [0.2, 0.25) is 0 Å². The van der Waals surface area contributed by atoms with Gasteiger partial charge in [-0.25, -0.2) is 0 Å². The monoisotopic (exact) mass is 329 g/mol. The fraction of sp³-hybridized carbons (Fsp3) is 0.733. The van der Waals surface area contributed by atoms with Crippen molar-refractivity contribution in [1.29, 1.82) is 0 Å². The minimum absolute atomic E-state index is 0. The van der Waals surface area contributed by atoms with Gasteiger partial charge in [0.05, 0.1) is 11.6 Å². The third-order valence-electron chi connectivity index (χ3n) is 3.95. The molecule has 0 aromatic carbocycles. The SMILES string of the molecule is CC(C)n1nccc1CN1CCCC(C(=O)NCCN)C1.Cl. The van der Waals surface area contributed by atoms with E-state index in [0.717, 1.165) is 32.5 Å². The van der Waals surface area contributed by atoms with E-state index in [0.29, 0.717) is 19.1 Å². The molecule has 0 bridgehead atoms. The molecule has 1 aromatic rings. The molecule has 1 fully saturated rings. The van der Waals surface area contributed by atoms with Crippen molar-refractivity contribution in [2.75, 3.05) is 26.2 Å². The summed E-state index contributed by atoms with van der Waals surface area (Å²) in [5.74, 6) is 0.225. The summed E-state index contributed by atoms with van der Waals surface area (Å²) < 4.78 is 2.05. The molecule has 3 N–H and O–H groups in total. The van der Waals surface area contributed by atoms with Gasteiger partial charge in [-0.1, -0.05) is 0 Å². The Morgan fingerprint density at radius 1 is 1.55 bits per heavy atom. The van der Waals surface area contributed by atoms with Crippen LogP contribution in [0.25, 0.3) is 0 Å². The number of carbonyl (C=O) groups is 1. The van der Waals surface area contributed by atoms with E-state index in [4.69, 9.17) is 5.73 Å². The topological polar surface area (TPSA) is 76.2 Å². The summed E-state index contributed by atoms with van der Waals surface area (Å²) in [6.07, 6.45) is 3.89. The standard InChI is InChI=1S/C15H27N5O.ClH/c1-12(2)20-14(5-7-18-20)11-19-9-3-4-13(10-19)15(21)17-8-6-16;/h5,7,12-13H,3-4,6,8-11,16H2,1-2H3,(H,17,21);1H. The number of halogens is 1. The predicted octanol–water partition coefficient (Wildman–Crippen LogP) is 1.17. The number of rotatable bonds is 6. The summed E-state index contributed by atoms with van der Waals surface area (Å²) in [4.78, 5) is 14.4. The molecule has 2 heterocycles. The summed E-state index contributed by atoms with van der Waals surface area (Å²) in [5, 5.41) is 7.28. The predicted molar refractivity (Wildman–Crippen MR) is 89.9 cm³/mol. The third kappa shape index (κ3) is 4.97. The number of nitrogens with two attached hydrogens (primary N) is 1. The van der Waals surface area contributed by atoms with Gasteiger partial charge in [0.2, 0.25) is 5.91 Å². The van der Waals surface area contributed by atoms with E-state index in [9.17, 15) is 4.79 Å². The van der Waals surface area contributed by atoms with Gasteiger partial charge in [-0.3, -0.25) is 14.4 Å². The lowest BCUT2D eigenvalue weighted by Crippen LogP contribution is -2.43. The number of piperidine rings is 1. The van der Waals surface area contributed by atoms with E-state index in [1.54, 1.807) is 0 Å². The Hall–Kier alpha value is -1.11. The number of aromatic nitrogens is 2. The van der Waals surface area contributed by atoms with Gasteiger partial charge in [-0.2, -0.15) is 5.10 Å². The highest BCUT2D eigenvalue weighted by molar-refractivity contribution is 5.85. The molecule has 1 aliphatic heterocycles. The number of likely N-dealkylation sites (tertiary alicyclic amines) is 1. The first-order valence-electron chi connectivity index (χ1n) is 7.84. The molecule has 0 radical (unpaired) electrons. The smallest absolute Gasteiger partial charge is 0.224 e. The van der Waals surface area contributed by atoms with Crippen LogP contribution >= 0.6 is 12.4 Å². The minimum Gasteiger partial charge on any atom is -0.355 e. The molecule has 0 saturated carbocycles. The quantitative estimate of drug-likeness (QED) is 0.821. The Morgan fingerprint density at radius 3 is 3.00 bits per heavy atom. The summed E-state index contributed by atoms with van der Waals surface area (Å²) in [6.45, 7) is 8.05. The molecule has 0 aliphatic carbocycles. The zero-order valence-electron chi connectivity index (χ0n) is 13.5. The molecule has 6 nitrogen and oxygen atoms in total. The molecule has 7 heteroatoms. The van der Waals surface area contributed by atoms with Gasteiger partial charge >= 0.3 is 0 Å². The van der Waals surface area contributed by atoms with Crippen LogP contribution in [0, 0.1) is 5.92 Å². The summed E-state index contributed by atoms with van der Waals surface area (Å²) in [6, 6.07) is 2.43. The number of carbonyl (C=O) groups excluding carboxylic acids is 1. The highest BCUT2D eigenvalue weighted by Crippen LogP contribution is 2.19. The van der Waals surface area contributed by atoms with Crippen LogP contribution in [-0.2, 0) is 11.3 Å². The highest BCUT2D eigenvalue weighted by atomic mass is 35.5. The van der Waals surface area contributed by atoms with Crippen molar-refractivity contribution in [2.24, 2.45) is 11.7 Å². The molecule has 1 amide bonds. The van der Waals surface area contributed by atoms with Gasteiger partial charge in [0.15, 0.2) is 0 Å². The minimum atomic E-state index is 0. The fourth-order valence-electron chi connectivity index (χ4n) is 2.91. The van der Waals surface area contributed by atoms with Crippen molar-refractivity contribution in [1.82, 2.24) is 20.0 Å². The zero-order chi connectivity index (χ0) is 15.2. The molecule has 1 unspecified atom stereocenters. The van der Waals surface area contributed by atoms with Gasteiger partial charge in [0.25, 0.3) is 0 Å². The van der Waals surface area contributed by atoms with Crippen LogP contribution in [0.4, 0.5) is 0 Å². The van der Waals surface area contributed by atoms with E-state index < -0.39 is 0 Å². The van der Waals surface area contributed by atoms with Crippen molar-refractivity contribution in [2.45, 2.75) is 39.3 Å². The summed E-state index contributed by atoms with van der Waals surface area (Å²) in [7, 11) is 0. The Labute approximate surface area is 138 Å². The second-order valence-corrected chi connectivity index (χ2v) is 6.01. The average Bonchev–Trinajstić information content (AvgIpc) is 2.93. The Morgan fingerprint density at radius 2 is 2.32 bits per heavy atom. The van der Waals surface area contributed by atoms with Crippen molar-refractivity contribution in [3.05, 3.63) is 18.0 Å². The number of amides is 1. The van der Waals surface area contributed by atoms with Gasteiger partial charge in [-0.15, -0.1) is 12.4 Å². The van der Waals surface area contributed by atoms with Gasteiger partial charge < -0.3 is 11.1 Å². The first-order chi connectivity index (χ1) is 10.1. The van der Waals surface area contributed by atoms with E-state index in [1.165, 1.54) is 5.69 Å². The zero-order valence-corrected chi connectivity index (χ0v) is 14.3. The fourth-order valence-corrected chi connectivity index (χ4v) is 2.91. The van der Waals surface area contributed by atoms with Crippen LogP contribution in [0.1, 0.15) is 38.4 Å². The summed E-state index contributed by atoms with van der Waals surface area (Å²) in [5.41, 5.74) is 6.65. The van der Waals surface area contributed by atoms with E-state index >= 15 is 0 Å². The normalized spacial score (nSPS) is 19.0. The molecule has 1 aliphatic rings. The maximum Gasteiger partial charge on any atom is 0.224 e. The van der Waals surface area contributed by atoms with Crippen LogP contribution in [-0.4, -0.2) is 46.8 Å². The number of hydrogen-bond acceptors (Lipinski definition) is 4. The van der Waals surface area contributed by atoms with E-state index in [1.807, 2.05) is 6.20 Å². The second kappa shape index (κ2) is 9.12. The first kappa shape index (κ1) is 18.9. The van der Waals surface area contributed by atoms with Crippen molar-refractivity contribution in [3.63, 3.8) is 0 Å². The lowest BCUT2D eigenvalue weighted by Gasteiger charge is -2.32. The van der Waals surface area contributed by atoms with Crippen molar-refractivity contribution < 1.29 is 4.79 Å². The largest absolute Gasteiger partial charge is 0.355 e. The van der Waals surface area contributed by atoms with Gasteiger partial charge in [0, 0.05) is 38.4 Å². The van der Waals surface area contributed by atoms with Crippen LogP contribution < -0.4 is 11.1 Å². The van der Waals surface area contributed by atoms with Gasteiger partial charge in [0.1, 0.15) is 0 Å². The number of nitrogens with zero attached hydrogens (tertiary/aromatic N) is 3. The lowest BCUT2D eigenvalue weighted by molar-refractivity contribution is -0.126. The van der Waals surface area contributed by atoms with Crippen LogP contribution in [0.3, 0.4) is 0 Å². The Kier molecular flexibility index (Phi) is 7.85. The average molecular weight is 330 g/mol. The van der Waals surface area contributed by atoms with E-state index in [-0.39, 0.29) is 24.2 Å². The summed E-state index contributed by atoms with van der Waals surface area (Å²) >= 11 is 0. The maximum atomic E-state index is 12.1. The molecule has 0 spiro atoms. The molecule has 126 valence electrons. The molecular formula is C15H28ClN5O. The highest BCUT2D eigenvalue weighted by Gasteiger charge is 2.26. The first-order valence-corrected chi connectivity index (χ1v) is 7.84. The Bertz CT molecular complexity index is 463. The molecular weight excluding hydrogens is 302 g/mol. The molecule has 2 rings (SSSR count). The van der Waals surface area contributed by atoms with Gasteiger partial charge in [-0.05, 0) is 39.3 Å². The van der Waals surface area contributed by atoms with Crippen molar-refractivity contribution in [3.8, 4) is 0 Å². The maximum absolute atomic E-state index is 12.1. The molecule has 1 saturated heterocycles.